The van der Waals surface area contributed by atoms with Crippen molar-refractivity contribution in [2.24, 2.45) is 5.41 Å². The summed E-state index contributed by atoms with van der Waals surface area (Å²) in [5.41, 5.74) is -1.34. The van der Waals surface area contributed by atoms with Gasteiger partial charge in [0, 0.05) is 13.0 Å². The molecule has 1 aliphatic heterocycles. The van der Waals surface area contributed by atoms with Crippen molar-refractivity contribution in [1.82, 2.24) is 30.4 Å². The number of likely N-dealkylation sites (tertiary alicyclic amines) is 1. The molecule has 3 atom stereocenters. The second kappa shape index (κ2) is 8.57. The Morgan fingerprint density at radius 2 is 1.80 bits per heavy atom. The molecule has 0 aliphatic carbocycles. The number of rotatable bonds is 4. The third kappa shape index (κ3) is 5.45. The number of ether oxygens (including phenoxy) is 2. The molecule has 2 rings (SSSR count). The highest BCUT2D eigenvalue weighted by Gasteiger charge is 2.46. The van der Waals surface area contributed by atoms with Gasteiger partial charge in [-0.2, -0.15) is 0 Å². The molecule has 0 saturated carbocycles. The minimum atomic E-state index is -0.909. The zero-order valence-electron chi connectivity index (χ0n) is 18.9. The fourth-order valence-corrected chi connectivity index (χ4v) is 3.41. The van der Waals surface area contributed by atoms with Gasteiger partial charge in [0.25, 0.3) is 0 Å². The number of esters is 1. The first-order valence-electron chi connectivity index (χ1n) is 9.87. The maximum absolute atomic E-state index is 13.5. The van der Waals surface area contributed by atoms with Crippen LogP contribution in [0.1, 0.15) is 59.8 Å². The van der Waals surface area contributed by atoms with Crippen molar-refractivity contribution < 1.29 is 23.9 Å². The van der Waals surface area contributed by atoms with Crippen LogP contribution in [0.3, 0.4) is 0 Å². The summed E-state index contributed by atoms with van der Waals surface area (Å²) in [5, 5.41) is 14.2. The SMILES string of the molecule is COC(=O)[C@@H]1C[C@@H](n2nnnc2C)CN1C(=O)[C@@H](NC(=O)OC(C)(C)C)C(C)(C)C. The van der Waals surface area contributed by atoms with Crippen molar-refractivity contribution in [1.29, 1.82) is 0 Å². The summed E-state index contributed by atoms with van der Waals surface area (Å²) in [5.74, 6) is -0.337. The molecule has 1 aromatic heterocycles. The summed E-state index contributed by atoms with van der Waals surface area (Å²) in [6.45, 7) is 12.7. The topological polar surface area (TPSA) is 129 Å². The van der Waals surface area contributed by atoms with Crippen molar-refractivity contribution in [2.75, 3.05) is 13.7 Å². The second-order valence-electron chi connectivity index (χ2n) is 9.54. The summed E-state index contributed by atoms with van der Waals surface area (Å²) < 4.78 is 11.8. The van der Waals surface area contributed by atoms with Gasteiger partial charge in [-0.25, -0.2) is 14.3 Å². The van der Waals surface area contributed by atoms with E-state index in [1.54, 1.807) is 32.4 Å². The molecule has 0 radical (unpaired) electrons. The molecule has 2 heterocycles. The van der Waals surface area contributed by atoms with Crippen LogP contribution in [0.4, 0.5) is 4.79 Å². The van der Waals surface area contributed by atoms with E-state index in [9.17, 15) is 14.4 Å². The highest BCUT2D eigenvalue weighted by atomic mass is 16.6. The quantitative estimate of drug-likeness (QED) is 0.715. The Bertz CT molecular complexity index is 794. The Morgan fingerprint density at radius 3 is 2.27 bits per heavy atom. The molecule has 30 heavy (non-hydrogen) atoms. The van der Waals surface area contributed by atoms with Gasteiger partial charge in [-0.1, -0.05) is 20.8 Å². The standard InChI is InChI=1S/C19H32N6O5/c1-11-21-22-23-25(11)12-9-13(16(27)29-8)24(10-12)15(26)14(18(2,3)4)20-17(28)30-19(5,6)7/h12-14H,9-10H2,1-8H3,(H,20,28)/t12-,13+,14-/m1/s1. The van der Waals surface area contributed by atoms with E-state index in [2.05, 4.69) is 20.8 Å². The monoisotopic (exact) mass is 424 g/mol. The third-order valence-electron chi connectivity index (χ3n) is 4.81. The summed E-state index contributed by atoms with van der Waals surface area (Å²) in [7, 11) is 1.28. The zero-order chi connectivity index (χ0) is 22.9. The molecule has 1 N–H and O–H groups in total. The summed E-state index contributed by atoms with van der Waals surface area (Å²) in [6.07, 6.45) is -0.384. The van der Waals surface area contributed by atoms with Crippen LogP contribution in [0.15, 0.2) is 0 Å². The normalized spacial score (nSPS) is 20.6. The predicted molar refractivity (Wildman–Crippen MR) is 106 cm³/mol. The molecule has 168 valence electrons. The fourth-order valence-electron chi connectivity index (χ4n) is 3.41. The van der Waals surface area contributed by atoms with Crippen LogP contribution in [0.5, 0.6) is 0 Å². The molecule has 0 unspecified atom stereocenters. The van der Waals surface area contributed by atoms with Crippen molar-refractivity contribution in [3.05, 3.63) is 5.82 Å². The Kier molecular flexibility index (Phi) is 6.73. The van der Waals surface area contributed by atoms with Crippen molar-refractivity contribution in [3.63, 3.8) is 0 Å². The first-order chi connectivity index (χ1) is 13.7. The average molecular weight is 425 g/mol. The minimum absolute atomic E-state index is 0.215. The molecule has 0 bridgehead atoms. The smallest absolute Gasteiger partial charge is 0.408 e. The van der Waals surface area contributed by atoms with Gasteiger partial charge in [0.05, 0.1) is 13.2 Å². The molecule has 0 spiro atoms. The number of amides is 2. The van der Waals surface area contributed by atoms with Crippen LogP contribution in [-0.2, 0) is 19.1 Å². The molecule has 1 fully saturated rings. The van der Waals surface area contributed by atoms with Crippen LogP contribution >= 0.6 is 0 Å². The maximum atomic E-state index is 13.5. The number of carbonyl (C=O) groups is 3. The molecular formula is C19H32N6O5. The predicted octanol–water partition coefficient (Wildman–Crippen LogP) is 1.24. The highest BCUT2D eigenvalue weighted by molar-refractivity contribution is 5.91. The number of hydrogen-bond donors (Lipinski definition) is 1. The van der Waals surface area contributed by atoms with Gasteiger partial charge in [-0.15, -0.1) is 5.10 Å². The number of alkyl carbamates (subject to hydrolysis) is 1. The largest absolute Gasteiger partial charge is 0.467 e. The maximum Gasteiger partial charge on any atom is 0.408 e. The van der Waals surface area contributed by atoms with E-state index < -0.39 is 41.1 Å². The van der Waals surface area contributed by atoms with Crippen LogP contribution in [0, 0.1) is 12.3 Å². The van der Waals surface area contributed by atoms with Gasteiger partial charge in [0.1, 0.15) is 23.5 Å². The third-order valence-corrected chi connectivity index (χ3v) is 4.81. The van der Waals surface area contributed by atoms with Gasteiger partial charge in [0.2, 0.25) is 5.91 Å². The first-order valence-corrected chi connectivity index (χ1v) is 9.87. The zero-order valence-corrected chi connectivity index (χ0v) is 18.9. The molecule has 1 aliphatic rings. The Morgan fingerprint density at radius 1 is 1.17 bits per heavy atom. The van der Waals surface area contributed by atoms with Crippen molar-refractivity contribution >= 4 is 18.0 Å². The summed E-state index contributed by atoms with van der Waals surface area (Å²) in [4.78, 5) is 39.7. The lowest BCUT2D eigenvalue weighted by Crippen LogP contribution is -2.57. The van der Waals surface area contributed by atoms with Crippen LogP contribution < -0.4 is 5.32 Å². The van der Waals surface area contributed by atoms with E-state index >= 15 is 0 Å². The highest BCUT2D eigenvalue weighted by Crippen LogP contribution is 2.31. The molecule has 0 aromatic carbocycles. The van der Waals surface area contributed by atoms with Crippen molar-refractivity contribution in [3.8, 4) is 0 Å². The van der Waals surface area contributed by atoms with Gasteiger partial charge in [-0.05, 0) is 43.5 Å². The number of aromatic nitrogens is 4. The number of nitrogens with one attached hydrogen (secondary N) is 1. The van der Waals surface area contributed by atoms with E-state index in [4.69, 9.17) is 9.47 Å². The average Bonchev–Trinajstić information content (AvgIpc) is 3.22. The number of aryl methyl sites for hydroxylation is 1. The van der Waals surface area contributed by atoms with Gasteiger partial charge < -0.3 is 19.7 Å². The van der Waals surface area contributed by atoms with E-state index in [1.807, 2.05) is 20.8 Å². The van der Waals surface area contributed by atoms with Crippen LogP contribution in [-0.4, -0.2) is 74.4 Å². The number of nitrogens with zero attached hydrogens (tertiary/aromatic N) is 5. The second-order valence-corrected chi connectivity index (χ2v) is 9.54. The van der Waals surface area contributed by atoms with Gasteiger partial charge in [0.15, 0.2) is 0 Å². The molecule has 2 amide bonds. The van der Waals surface area contributed by atoms with Crippen LogP contribution in [0.25, 0.3) is 0 Å². The lowest BCUT2D eigenvalue weighted by molar-refractivity contribution is -0.152. The number of hydrogen-bond acceptors (Lipinski definition) is 8. The van der Waals surface area contributed by atoms with E-state index in [-0.39, 0.29) is 12.6 Å². The number of methoxy groups -OCH3 is 1. The Labute approximate surface area is 176 Å². The molecule has 1 saturated heterocycles. The lowest BCUT2D eigenvalue weighted by atomic mass is 9.85. The summed E-state index contributed by atoms with van der Waals surface area (Å²) in [6, 6.07) is -2.00. The Balaban J connectivity index is 2.30. The minimum Gasteiger partial charge on any atom is -0.467 e. The van der Waals surface area contributed by atoms with Gasteiger partial charge >= 0.3 is 12.1 Å². The number of carbonyl (C=O) groups excluding carboxylic acids is 3. The number of tetrazole rings is 1. The van der Waals surface area contributed by atoms with Crippen molar-refractivity contribution in [2.45, 2.75) is 78.6 Å². The van der Waals surface area contributed by atoms with Crippen LogP contribution in [0.2, 0.25) is 0 Å². The lowest BCUT2D eigenvalue weighted by Gasteiger charge is -2.35. The molecule has 11 nitrogen and oxygen atoms in total. The molecule has 11 heteroatoms. The fraction of sp³-hybridized carbons (Fsp3) is 0.789. The van der Waals surface area contributed by atoms with E-state index in [0.29, 0.717) is 12.2 Å². The van der Waals surface area contributed by atoms with E-state index in [1.165, 1.54) is 12.0 Å². The molecular weight excluding hydrogens is 392 g/mol. The summed E-state index contributed by atoms with van der Waals surface area (Å²) >= 11 is 0. The Hall–Kier alpha value is -2.72. The molecule has 1 aromatic rings. The first kappa shape index (κ1) is 23.6. The van der Waals surface area contributed by atoms with E-state index in [0.717, 1.165) is 0 Å². The van der Waals surface area contributed by atoms with Gasteiger partial charge in [-0.3, -0.25) is 4.79 Å².